The van der Waals surface area contributed by atoms with Crippen molar-refractivity contribution in [1.82, 2.24) is 42.5 Å². The summed E-state index contributed by atoms with van der Waals surface area (Å²) in [7, 11) is 0. The number of nitrogens with two attached hydrogens (primary N) is 3. The van der Waals surface area contributed by atoms with Crippen LogP contribution in [0.4, 0.5) is 0 Å². The molecule has 0 spiro atoms. The van der Waals surface area contributed by atoms with Crippen molar-refractivity contribution in [3.8, 4) is 11.5 Å². The second-order valence-electron chi connectivity index (χ2n) is 20.0. The predicted octanol–water partition coefficient (Wildman–Crippen LogP) is -2.48. The molecule has 80 heavy (non-hydrogen) atoms. The first-order valence-electron chi connectivity index (χ1n) is 25.8. The first kappa shape index (κ1) is 65.6. The van der Waals surface area contributed by atoms with Crippen LogP contribution in [-0.2, 0) is 72.0 Å². The lowest BCUT2D eigenvalue weighted by molar-refractivity contribution is -0.143. The molecule has 0 aliphatic rings. The Balaban J connectivity index is 1.97. The van der Waals surface area contributed by atoms with Crippen molar-refractivity contribution in [2.75, 3.05) is 6.61 Å². The monoisotopic (exact) mass is 1120 g/mol. The van der Waals surface area contributed by atoms with Crippen LogP contribution in [0.25, 0.3) is 0 Å². The number of amides is 10. The summed E-state index contributed by atoms with van der Waals surface area (Å²) >= 11 is 0. The molecule has 436 valence electrons. The molecular formula is C54H75N11O15. The van der Waals surface area contributed by atoms with E-state index in [9.17, 15) is 73.2 Å². The number of benzene rings is 3. The third-order valence-corrected chi connectivity index (χ3v) is 12.8. The number of carbonyl (C=O) groups is 11. The molecule has 10 amide bonds. The van der Waals surface area contributed by atoms with Crippen LogP contribution in [0, 0.1) is 17.8 Å². The normalized spacial score (nSPS) is 14.9. The van der Waals surface area contributed by atoms with Crippen LogP contribution in [0.5, 0.6) is 11.5 Å². The number of aliphatic carboxylic acids is 1. The molecule has 26 nitrogen and oxygen atoms in total. The summed E-state index contributed by atoms with van der Waals surface area (Å²) in [5.41, 5.74) is 17.8. The minimum absolute atomic E-state index is 0.129. The number of aliphatic hydroxyl groups is 1. The summed E-state index contributed by atoms with van der Waals surface area (Å²) in [6, 6.07) is 5.69. The van der Waals surface area contributed by atoms with Gasteiger partial charge in [0.05, 0.1) is 25.5 Å². The fourth-order valence-electron chi connectivity index (χ4n) is 7.99. The van der Waals surface area contributed by atoms with Gasteiger partial charge in [-0.3, -0.25) is 47.9 Å². The van der Waals surface area contributed by atoms with Gasteiger partial charge >= 0.3 is 5.97 Å². The van der Waals surface area contributed by atoms with Crippen LogP contribution in [0.2, 0.25) is 0 Å². The number of rotatable bonds is 32. The first-order valence-corrected chi connectivity index (χ1v) is 25.8. The van der Waals surface area contributed by atoms with Gasteiger partial charge in [-0.1, -0.05) is 103 Å². The number of carboxylic acid groups (broad SMARTS) is 1. The summed E-state index contributed by atoms with van der Waals surface area (Å²) in [6.45, 7) is 8.55. The molecule has 0 aliphatic heterocycles. The van der Waals surface area contributed by atoms with Crippen molar-refractivity contribution < 1.29 is 73.2 Å². The average molecular weight is 1120 g/mol. The van der Waals surface area contributed by atoms with Crippen LogP contribution in [-0.4, -0.2) is 146 Å². The average Bonchev–Trinajstić information content (AvgIpc) is 3.39. The standard InChI is InChI=1S/C54H75N11O15/c1-7-29(6)45(65-46(71)35(55)24-41(56)69)53(78)62-40(26-66)51(76)63-43(27(2)3)52(77)61-37(23-32-15-19-34(68)20-16-32)48(73)60-39(25-42(57)70)49(74)58-36(22-31-13-17-33(67)18-14-31)47(72)59-38(21-30-11-9-8-10-12-30)50(75)64-44(28(4)5)54(79)80/h8-20,27-29,35-40,43-45,66-68H,7,21-26,55H2,1-6H3,(H2,56,69)(H2,57,70)(H,58,74)(H,59,72)(H,60,73)(H,61,77)(H,62,78)(H,63,76)(H,64,75)(H,65,71)(H,79,80)/t29-,35-,36-,37-,38-,39-,40-,43-,44-,45-/m0/s1. The molecule has 0 fully saturated rings. The van der Waals surface area contributed by atoms with E-state index in [1.807, 2.05) is 0 Å². The van der Waals surface area contributed by atoms with Gasteiger partial charge in [0.15, 0.2) is 0 Å². The Morgan fingerprint density at radius 1 is 0.438 bits per heavy atom. The number of phenols is 2. The Hall–Kier alpha value is -8.65. The zero-order valence-corrected chi connectivity index (χ0v) is 45.4. The Kier molecular flexibility index (Phi) is 26.0. The molecule has 18 N–H and O–H groups in total. The highest BCUT2D eigenvalue weighted by Gasteiger charge is 2.37. The third kappa shape index (κ3) is 21.3. The molecule has 0 radical (unpaired) electrons. The Morgan fingerprint density at radius 3 is 1.20 bits per heavy atom. The molecule has 26 heteroatoms. The minimum atomic E-state index is -1.85. The molecule has 0 saturated carbocycles. The first-order chi connectivity index (χ1) is 37.6. The minimum Gasteiger partial charge on any atom is -0.508 e. The van der Waals surface area contributed by atoms with Gasteiger partial charge in [0.2, 0.25) is 59.1 Å². The number of nitrogens with one attached hydrogen (secondary N) is 8. The van der Waals surface area contributed by atoms with Crippen molar-refractivity contribution in [2.24, 2.45) is 35.0 Å². The number of aromatic hydroxyl groups is 2. The van der Waals surface area contributed by atoms with Gasteiger partial charge in [-0.25, -0.2) is 4.79 Å². The number of hydrogen-bond acceptors (Lipinski definition) is 15. The smallest absolute Gasteiger partial charge is 0.326 e. The van der Waals surface area contributed by atoms with E-state index in [2.05, 4.69) is 42.5 Å². The molecule has 3 aromatic rings. The molecule has 10 atom stereocenters. The van der Waals surface area contributed by atoms with E-state index in [0.29, 0.717) is 23.1 Å². The molecule has 0 heterocycles. The summed E-state index contributed by atoms with van der Waals surface area (Å²) in [6.07, 6.45) is -1.81. The number of carbonyl (C=O) groups excluding carboxylic acids is 10. The molecule has 0 aromatic heterocycles. The predicted molar refractivity (Wildman–Crippen MR) is 289 cm³/mol. The number of carboxylic acids is 1. The van der Waals surface area contributed by atoms with Gasteiger partial charge in [0.25, 0.3) is 0 Å². The number of hydrogen-bond donors (Lipinski definition) is 15. The second kappa shape index (κ2) is 31.7. The van der Waals surface area contributed by atoms with Crippen LogP contribution in [0.15, 0.2) is 78.9 Å². The zero-order valence-electron chi connectivity index (χ0n) is 45.4. The molecule has 3 rings (SSSR count). The zero-order chi connectivity index (χ0) is 60.0. The SMILES string of the molecule is CC[C@H](C)[C@H](NC(=O)[C@@H](N)CC(N)=O)C(=O)N[C@@H](CO)C(=O)N[C@H](C(=O)N[C@@H](Cc1ccc(O)cc1)C(=O)N[C@@H](CC(N)=O)C(=O)N[C@@H](Cc1ccc(O)cc1)C(=O)N[C@@H](Cc1ccccc1)C(=O)N[C@H](C(=O)O)C(C)C)C(C)C. The second-order valence-corrected chi connectivity index (χ2v) is 20.0. The lowest BCUT2D eigenvalue weighted by Crippen LogP contribution is -2.62. The van der Waals surface area contributed by atoms with Crippen molar-refractivity contribution >= 4 is 65.0 Å². The highest BCUT2D eigenvalue weighted by Crippen LogP contribution is 2.16. The van der Waals surface area contributed by atoms with Crippen molar-refractivity contribution in [1.29, 1.82) is 0 Å². The van der Waals surface area contributed by atoms with Crippen LogP contribution < -0.4 is 59.7 Å². The maximum Gasteiger partial charge on any atom is 0.326 e. The van der Waals surface area contributed by atoms with Crippen molar-refractivity contribution in [2.45, 2.75) is 134 Å². The van der Waals surface area contributed by atoms with Gasteiger partial charge in [-0.15, -0.1) is 0 Å². The molecule has 0 unspecified atom stereocenters. The summed E-state index contributed by atoms with van der Waals surface area (Å²) < 4.78 is 0. The van der Waals surface area contributed by atoms with E-state index < -0.39 is 157 Å². The highest BCUT2D eigenvalue weighted by atomic mass is 16.4. The van der Waals surface area contributed by atoms with E-state index in [0.717, 1.165) is 0 Å². The fourth-order valence-corrected chi connectivity index (χ4v) is 7.99. The van der Waals surface area contributed by atoms with E-state index in [-0.39, 0.29) is 30.8 Å². The Labute approximate surface area is 462 Å². The van der Waals surface area contributed by atoms with Crippen LogP contribution >= 0.6 is 0 Å². The number of primary amides is 2. The molecule has 0 saturated heterocycles. The largest absolute Gasteiger partial charge is 0.508 e. The van der Waals surface area contributed by atoms with Crippen LogP contribution in [0.1, 0.15) is 77.5 Å². The van der Waals surface area contributed by atoms with E-state index in [1.54, 1.807) is 58.0 Å². The fraction of sp³-hybridized carbons (Fsp3) is 0.463. The molecule has 0 aliphatic carbocycles. The summed E-state index contributed by atoms with van der Waals surface area (Å²) in [5, 5.41) is 59.9. The number of phenolic OH excluding ortho intramolecular Hbond substituents is 2. The summed E-state index contributed by atoms with van der Waals surface area (Å²) in [5.74, 6) is -13.3. The van der Waals surface area contributed by atoms with E-state index >= 15 is 0 Å². The van der Waals surface area contributed by atoms with Gasteiger partial charge < -0.3 is 80.2 Å². The van der Waals surface area contributed by atoms with Gasteiger partial charge in [-0.05, 0) is 58.7 Å². The van der Waals surface area contributed by atoms with Gasteiger partial charge in [0.1, 0.15) is 59.8 Å². The van der Waals surface area contributed by atoms with Gasteiger partial charge in [0, 0.05) is 19.3 Å². The van der Waals surface area contributed by atoms with Crippen molar-refractivity contribution in [3.05, 3.63) is 95.6 Å². The maximum atomic E-state index is 14.4. The van der Waals surface area contributed by atoms with Crippen molar-refractivity contribution in [3.63, 3.8) is 0 Å². The molecular weight excluding hydrogens is 1040 g/mol. The van der Waals surface area contributed by atoms with Gasteiger partial charge in [-0.2, -0.15) is 0 Å². The highest BCUT2D eigenvalue weighted by molar-refractivity contribution is 5.99. The lowest BCUT2D eigenvalue weighted by Gasteiger charge is -2.29. The molecule has 3 aromatic carbocycles. The van der Waals surface area contributed by atoms with Crippen LogP contribution in [0.3, 0.4) is 0 Å². The third-order valence-electron chi connectivity index (χ3n) is 12.8. The summed E-state index contributed by atoms with van der Waals surface area (Å²) in [4.78, 5) is 147. The lowest BCUT2D eigenvalue weighted by atomic mass is 9.97. The van der Waals surface area contributed by atoms with E-state index in [1.165, 1.54) is 62.4 Å². The topological polar surface area (TPSA) is 443 Å². The Bertz CT molecular complexity index is 2640. The maximum absolute atomic E-state index is 14.4. The Morgan fingerprint density at radius 2 is 0.787 bits per heavy atom. The quantitative estimate of drug-likeness (QED) is 0.0308. The number of aliphatic hydroxyl groups excluding tert-OH is 1. The van der Waals surface area contributed by atoms with E-state index in [4.69, 9.17) is 17.2 Å². The molecule has 0 bridgehead atoms.